The van der Waals surface area contributed by atoms with Crippen LogP contribution in [0, 0.1) is 0 Å². The number of rotatable bonds is 4. The van der Waals surface area contributed by atoms with Gasteiger partial charge in [-0.2, -0.15) is 0 Å². The van der Waals surface area contributed by atoms with Gasteiger partial charge in [0.05, 0.1) is 17.3 Å². The Morgan fingerprint density at radius 1 is 1.40 bits per heavy atom. The second-order valence-electron chi connectivity index (χ2n) is 4.00. The lowest BCUT2D eigenvalue weighted by molar-refractivity contribution is 0.102. The van der Waals surface area contributed by atoms with Crippen LogP contribution in [0.2, 0.25) is 5.02 Å². The fourth-order valence-electron chi connectivity index (χ4n) is 1.61. The molecule has 0 saturated heterocycles. The van der Waals surface area contributed by atoms with Gasteiger partial charge in [0, 0.05) is 11.8 Å². The standard InChI is InChI=1S/C14H14ClN3O2/c1-2-20-11-5-3-9(4-6-11)14(19)18-12-7-10(15)8-17-13(12)16/h3-8H,2H2,1H3,(H2,16,17)(H,18,19). The zero-order valence-electron chi connectivity index (χ0n) is 10.9. The summed E-state index contributed by atoms with van der Waals surface area (Å²) in [5, 5.41) is 3.07. The molecule has 0 aliphatic rings. The number of nitrogens with zero attached hydrogens (tertiary/aromatic N) is 1. The van der Waals surface area contributed by atoms with Crippen LogP contribution in [-0.2, 0) is 0 Å². The number of nitrogens with one attached hydrogen (secondary N) is 1. The highest BCUT2D eigenvalue weighted by molar-refractivity contribution is 6.31. The molecule has 0 saturated carbocycles. The van der Waals surface area contributed by atoms with Gasteiger partial charge in [0.2, 0.25) is 0 Å². The first kappa shape index (κ1) is 14.1. The van der Waals surface area contributed by atoms with Crippen molar-refractivity contribution in [1.29, 1.82) is 0 Å². The van der Waals surface area contributed by atoms with E-state index in [1.54, 1.807) is 30.3 Å². The summed E-state index contributed by atoms with van der Waals surface area (Å²) in [7, 11) is 0. The predicted molar refractivity (Wildman–Crippen MR) is 79.2 cm³/mol. The molecule has 0 fully saturated rings. The Hall–Kier alpha value is -2.27. The van der Waals surface area contributed by atoms with Crippen molar-refractivity contribution in [2.45, 2.75) is 6.92 Å². The summed E-state index contributed by atoms with van der Waals surface area (Å²) in [6, 6.07) is 8.37. The van der Waals surface area contributed by atoms with Crippen molar-refractivity contribution >= 4 is 29.0 Å². The number of halogens is 1. The number of nitrogen functional groups attached to an aromatic ring is 1. The molecule has 6 heteroatoms. The van der Waals surface area contributed by atoms with Crippen molar-refractivity contribution in [3.05, 3.63) is 47.1 Å². The minimum atomic E-state index is -0.288. The van der Waals surface area contributed by atoms with E-state index in [4.69, 9.17) is 22.1 Å². The molecule has 2 rings (SSSR count). The van der Waals surface area contributed by atoms with Crippen molar-refractivity contribution in [1.82, 2.24) is 4.98 Å². The van der Waals surface area contributed by atoms with E-state index in [9.17, 15) is 4.79 Å². The van der Waals surface area contributed by atoms with Crippen molar-refractivity contribution < 1.29 is 9.53 Å². The molecule has 1 aromatic heterocycles. The lowest BCUT2D eigenvalue weighted by Gasteiger charge is -2.08. The summed E-state index contributed by atoms with van der Waals surface area (Å²) in [4.78, 5) is 15.9. The third-order valence-electron chi connectivity index (χ3n) is 2.56. The lowest BCUT2D eigenvalue weighted by atomic mass is 10.2. The van der Waals surface area contributed by atoms with E-state index < -0.39 is 0 Å². The van der Waals surface area contributed by atoms with Gasteiger partial charge < -0.3 is 15.8 Å². The van der Waals surface area contributed by atoms with Crippen molar-refractivity contribution in [2.75, 3.05) is 17.7 Å². The molecule has 1 heterocycles. The molecule has 0 spiro atoms. The molecule has 0 aliphatic heterocycles. The topological polar surface area (TPSA) is 77.2 Å². The predicted octanol–water partition coefficient (Wildman–Crippen LogP) is 2.97. The van der Waals surface area contributed by atoms with Crippen molar-refractivity contribution in [2.24, 2.45) is 0 Å². The first-order valence-corrected chi connectivity index (χ1v) is 6.43. The normalized spacial score (nSPS) is 10.1. The Kier molecular flexibility index (Phi) is 4.42. The number of aromatic nitrogens is 1. The Morgan fingerprint density at radius 3 is 2.75 bits per heavy atom. The Balaban J connectivity index is 2.13. The van der Waals surface area contributed by atoms with E-state index >= 15 is 0 Å². The number of carbonyl (C=O) groups excluding carboxylic acids is 1. The lowest BCUT2D eigenvalue weighted by Crippen LogP contribution is -2.13. The molecule has 5 nitrogen and oxygen atoms in total. The van der Waals surface area contributed by atoms with Crippen LogP contribution in [-0.4, -0.2) is 17.5 Å². The smallest absolute Gasteiger partial charge is 0.255 e. The van der Waals surface area contributed by atoms with E-state index in [0.29, 0.717) is 28.6 Å². The average molecular weight is 292 g/mol. The Labute approximate surface area is 121 Å². The molecule has 1 aromatic carbocycles. The second-order valence-corrected chi connectivity index (χ2v) is 4.43. The molecular formula is C14H14ClN3O2. The molecule has 0 bridgehead atoms. The Bertz CT molecular complexity index is 614. The van der Waals surface area contributed by atoms with Gasteiger partial charge >= 0.3 is 0 Å². The summed E-state index contributed by atoms with van der Waals surface area (Å²) in [5.74, 6) is 0.644. The van der Waals surface area contributed by atoms with Crippen LogP contribution < -0.4 is 15.8 Å². The average Bonchev–Trinajstić information content (AvgIpc) is 2.44. The van der Waals surface area contributed by atoms with E-state index in [-0.39, 0.29) is 11.7 Å². The minimum Gasteiger partial charge on any atom is -0.494 e. The van der Waals surface area contributed by atoms with E-state index in [0.717, 1.165) is 0 Å². The summed E-state index contributed by atoms with van der Waals surface area (Å²) in [6.07, 6.45) is 1.42. The Morgan fingerprint density at radius 2 is 2.10 bits per heavy atom. The number of amides is 1. The molecule has 2 aromatic rings. The third-order valence-corrected chi connectivity index (χ3v) is 2.77. The van der Waals surface area contributed by atoms with Gasteiger partial charge in [0.15, 0.2) is 0 Å². The van der Waals surface area contributed by atoms with Crippen LogP contribution in [0.15, 0.2) is 36.5 Å². The fraction of sp³-hybridized carbons (Fsp3) is 0.143. The maximum absolute atomic E-state index is 12.1. The number of benzene rings is 1. The van der Waals surface area contributed by atoms with Crippen LogP contribution in [0.25, 0.3) is 0 Å². The third kappa shape index (κ3) is 3.39. The first-order chi connectivity index (χ1) is 9.60. The molecule has 0 atom stereocenters. The van der Waals surface area contributed by atoms with Gasteiger partial charge in [-0.05, 0) is 37.3 Å². The van der Waals surface area contributed by atoms with Crippen LogP contribution in [0.3, 0.4) is 0 Å². The highest BCUT2D eigenvalue weighted by Crippen LogP contribution is 2.21. The molecule has 1 amide bonds. The summed E-state index contributed by atoms with van der Waals surface area (Å²) < 4.78 is 5.31. The van der Waals surface area contributed by atoms with Crippen LogP contribution in [0.1, 0.15) is 17.3 Å². The number of ether oxygens (including phenoxy) is 1. The molecular weight excluding hydrogens is 278 g/mol. The van der Waals surface area contributed by atoms with Crippen LogP contribution in [0.4, 0.5) is 11.5 Å². The first-order valence-electron chi connectivity index (χ1n) is 6.05. The fourth-order valence-corrected chi connectivity index (χ4v) is 1.77. The molecule has 20 heavy (non-hydrogen) atoms. The molecule has 104 valence electrons. The van der Waals surface area contributed by atoms with Crippen LogP contribution in [0.5, 0.6) is 5.75 Å². The van der Waals surface area contributed by atoms with Gasteiger partial charge in [-0.25, -0.2) is 4.98 Å². The van der Waals surface area contributed by atoms with Gasteiger partial charge in [-0.3, -0.25) is 4.79 Å². The zero-order valence-corrected chi connectivity index (χ0v) is 11.6. The van der Waals surface area contributed by atoms with Gasteiger partial charge in [0.1, 0.15) is 11.6 Å². The zero-order chi connectivity index (χ0) is 14.5. The largest absolute Gasteiger partial charge is 0.494 e. The second kappa shape index (κ2) is 6.25. The van der Waals surface area contributed by atoms with E-state index in [1.807, 2.05) is 6.92 Å². The summed E-state index contributed by atoms with van der Waals surface area (Å²) >= 11 is 5.82. The minimum absolute atomic E-state index is 0.216. The number of pyridine rings is 1. The number of hydrogen-bond donors (Lipinski definition) is 2. The van der Waals surface area contributed by atoms with Crippen LogP contribution >= 0.6 is 11.6 Å². The van der Waals surface area contributed by atoms with Gasteiger partial charge in [-0.1, -0.05) is 11.6 Å². The summed E-state index contributed by atoms with van der Waals surface area (Å²) in [5.41, 5.74) is 6.55. The molecule has 0 aliphatic carbocycles. The summed E-state index contributed by atoms with van der Waals surface area (Å²) in [6.45, 7) is 2.48. The van der Waals surface area contributed by atoms with Crippen molar-refractivity contribution in [3.63, 3.8) is 0 Å². The number of carbonyl (C=O) groups is 1. The maximum atomic E-state index is 12.1. The SMILES string of the molecule is CCOc1ccc(C(=O)Nc2cc(Cl)cnc2N)cc1. The maximum Gasteiger partial charge on any atom is 0.255 e. The number of anilines is 2. The van der Waals surface area contributed by atoms with Crippen molar-refractivity contribution in [3.8, 4) is 5.75 Å². The number of hydrogen-bond acceptors (Lipinski definition) is 4. The van der Waals surface area contributed by atoms with E-state index in [2.05, 4.69) is 10.3 Å². The highest BCUT2D eigenvalue weighted by atomic mass is 35.5. The molecule has 3 N–H and O–H groups in total. The highest BCUT2D eigenvalue weighted by Gasteiger charge is 2.09. The van der Waals surface area contributed by atoms with E-state index in [1.165, 1.54) is 6.20 Å². The molecule has 0 unspecified atom stereocenters. The molecule has 0 radical (unpaired) electrons. The quantitative estimate of drug-likeness (QED) is 0.908. The van der Waals surface area contributed by atoms with Gasteiger partial charge in [-0.15, -0.1) is 0 Å². The van der Waals surface area contributed by atoms with Gasteiger partial charge in [0.25, 0.3) is 5.91 Å². The number of nitrogens with two attached hydrogens (primary N) is 1. The monoisotopic (exact) mass is 291 g/mol.